The van der Waals surface area contributed by atoms with Crippen molar-refractivity contribution in [2.75, 3.05) is 40.9 Å². The van der Waals surface area contributed by atoms with Crippen LogP contribution in [0.4, 0.5) is 0 Å². The van der Waals surface area contributed by atoms with Crippen molar-refractivity contribution in [1.29, 1.82) is 0 Å². The van der Waals surface area contributed by atoms with Gasteiger partial charge in [0.25, 0.3) is 0 Å². The van der Waals surface area contributed by atoms with Gasteiger partial charge in [-0.3, -0.25) is 13.8 Å². The molecular weight excluding hydrogens is 828 g/mol. The predicted molar refractivity (Wildman–Crippen MR) is 281 cm³/mol. The van der Waals surface area contributed by atoms with Gasteiger partial charge in [-0.05, 0) is 44.9 Å². The first kappa shape index (κ1) is 64.0. The van der Waals surface area contributed by atoms with Crippen LogP contribution in [0, 0.1) is 0 Å². The van der Waals surface area contributed by atoms with Gasteiger partial charge in [-0.1, -0.05) is 250 Å². The van der Waals surface area contributed by atoms with Crippen molar-refractivity contribution in [3.05, 3.63) is 24.3 Å². The van der Waals surface area contributed by atoms with E-state index in [0.29, 0.717) is 23.9 Å². The molecule has 0 aliphatic heterocycles. The van der Waals surface area contributed by atoms with Crippen LogP contribution in [0.1, 0.15) is 277 Å². The van der Waals surface area contributed by atoms with Crippen molar-refractivity contribution < 1.29 is 32.9 Å². The number of rotatable bonds is 52. The number of allylic oxidation sites excluding steroid dienone is 4. The molecule has 0 fully saturated rings. The van der Waals surface area contributed by atoms with Gasteiger partial charge in [0.15, 0.2) is 0 Å². The van der Waals surface area contributed by atoms with E-state index in [1.807, 2.05) is 21.1 Å². The van der Waals surface area contributed by atoms with Crippen LogP contribution >= 0.6 is 7.82 Å². The summed E-state index contributed by atoms with van der Waals surface area (Å²) in [5.74, 6) is -0.149. The average Bonchev–Trinajstić information content (AvgIpc) is 3.26. The normalized spacial score (nSPS) is 14.1. The first-order chi connectivity index (χ1) is 31.5. The molecule has 0 aromatic carbocycles. The third-order valence-electron chi connectivity index (χ3n) is 13.0. The van der Waals surface area contributed by atoms with Crippen LogP contribution in [0.2, 0.25) is 0 Å². The van der Waals surface area contributed by atoms with Gasteiger partial charge >= 0.3 is 7.82 Å². The first-order valence-corrected chi connectivity index (χ1v) is 29.7. The number of hydrogen-bond acceptors (Lipinski definition) is 5. The summed E-state index contributed by atoms with van der Waals surface area (Å²) in [7, 11) is 1.62. The molecule has 0 saturated carbocycles. The molecule has 0 radical (unpaired) electrons. The number of unbranched alkanes of at least 4 members (excludes halogenated alkanes) is 35. The Kier molecular flexibility index (Phi) is 47.3. The van der Waals surface area contributed by atoms with Gasteiger partial charge in [-0.25, -0.2) is 4.57 Å². The standard InChI is InChI=1S/C56H111N2O6P/c1-6-8-10-12-13-14-15-16-17-18-19-20-21-22-23-24-25-26-27-28-29-30-31-32-33-34-35-36-37-38-39-40-41-42-43-44-45-46-48-50-56(60)57-54(55(59)49-47-11-9-7-2)53-64-65(61,62)63-52-51-58(3,4)5/h15-16,18-19,54-55,59H,6-14,17,20-53H2,1-5H3,(H-,57,60,61,62)/p+1/b16-15-,19-18-. The molecule has 0 aliphatic carbocycles. The summed E-state index contributed by atoms with van der Waals surface area (Å²) in [6.07, 6.45) is 60.5. The second kappa shape index (κ2) is 48.0. The second-order valence-corrected chi connectivity index (χ2v) is 22.1. The van der Waals surface area contributed by atoms with E-state index in [2.05, 4.69) is 43.5 Å². The lowest BCUT2D eigenvalue weighted by Gasteiger charge is -2.26. The maximum atomic E-state index is 12.8. The number of carbonyl (C=O) groups is 1. The van der Waals surface area contributed by atoms with Crippen molar-refractivity contribution >= 4 is 13.7 Å². The maximum absolute atomic E-state index is 12.8. The van der Waals surface area contributed by atoms with Crippen molar-refractivity contribution in [2.24, 2.45) is 0 Å². The van der Waals surface area contributed by atoms with Crippen LogP contribution < -0.4 is 5.32 Å². The van der Waals surface area contributed by atoms with Gasteiger partial charge in [0.2, 0.25) is 5.91 Å². The minimum Gasteiger partial charge on any atom is -0.391 e. The minimum absolute atomic E-state index is 0.0758. The Morgan fingerprint density at radius 3 is 1.26 bits per heavy atom. The molecule has 3 N–H and O–H groups in total. The van der Waals surface area contributed by atoms with Gasteiger partial charge < -0.3 is 19.8 Å². The summed E-state index contributed by atoms with van der Waals surface area (Å²) in [5, 5.41) is 13.7. The molecule has 0 aromatic rings. The van der Waals surface area contributed by atoms with Crippen LogP contribution in [-0.2, 0) is 18.4 Å². The largest absolute Gasteiger partial charge is 0.472 e. The van der Waals surface area contributed by atoms with Crippen LogP contribution in [0.3, 0.4) is 0 Å². The smallest absolute Gasteiger partial charge is 0.391 e. The summed E-state index contributed by atoms with van der Waals surface area (Å²) < 4.78 is 23.4. The van der Waals surface area contributed by atoms with Gasteiger partial charge in [0.05, 0.1) is 39.9 Å². The number of aliphatic hydroxyl groups excluding tert-OH is 1. The van der Waals surface area contributed by atoms with E-state index >= 15 is 0 Å². The fraction of sp³-hybridized carbons (Fsp3) is 0.911. The third-order valence-corrected chi connectivity index (χ3v) is 13.9. The molecule has 0 bridgehead atoms. The highest BCUT2D eigenvalue weighted by atomic mass is 31.2. The van der Waals surface area contributed by atoms with Gasteiger partial charge in [0.1, 0.15) is 13.2 Å². The van der Waals surface area contributed by atoms with E-state index in [-0.39, 0.29) is 19.1 Å². The number of nitrogens with zero attached hydrogens (tertiary/aromatic N) is 1. The number of phosphoric acid groups is 1. The van der Waals surface area contributed by atoms with Crippen molar-refractivity contribution in [3.63, 3.8) is 0 Å². The molecular formula is C56H112N2O6P+. The Morgan fingerprint density at radius 1 is 0.523 bits per heavy atom. The van der Waals surface area contributed by atoms with Gasteiger partial charge in [-0.15, -0.1) is 0 Å². The molecule has 65 heavy (non-hydrogen) atoms. The summed E-state index contributed by atoms with van der Waals surface area (Å²) in [6.45, 7) is 4.77. The Hall–Kier alpha value is -1.02. The van der Waals surface area contributed by atoms with E-state index in [9.17, 15) is 19.4 Å². The molecule has 0 heterocycles. The summed E-state index contributed by atoms with van der Waals surface area (Å²) in [6, 6.07) is -0.752. The number of amides is 1. The van der Waals surface area contributed by atoms with Crippen molar-refractivity contribution in [3.8, 4) is 0 Å². The fourth-order valence-corrected chi connectivity index (χ4v) is 9.23. The van der Waals surface area contributed by atoms with E-state index in [4.69, 9.17) is 9.05 Å². The lowest BCUT2D eigenvalue weighted by atomic mass is 10.0. The Labute approximate surface area is 404 Å². The van der Waals surface area contributed by atoms with Crippen LogP contribution in [0.5, 0.6) is 0 Å². The lowest BCUT2D eigenvalue weighted by Crippen LogP contribution is -2.46. The molecule has 0 saturated heterocycles. The molecule has 3 unspecified atom stereocenters. The monoisotopic (exact) mass is 940 g/mol. The Morgan fingerprint density at radius 2 is 0.877 bits per heavy atom. The number of aliphatic hydroxyl groups is 1. The molecule has 386 valence electrons. The summed E-state index contributed by atoms with van der Waals surface area (Å²) in [5.41, 5.74) is 0. The minimum atomic E-state index is -4.29. The molecule has 0 aromatic heterocycles. The fourth-order valence-electron chi connectivity index (χ4n) is 8.49. The number of likely N-dealkylation sites (N-methyl/N-ethyl adjacent to an activating group) is 1. The molecule has 1 amide bonds. The van der Waals surface area contributed by atoms with Crippen molar-refractivity contribution in [1.82, 2.24) is 5.32 Å². The number of phosphoric ester groups is 1. The van der Waals surface area contributed by atoms with Crippen LogP contribution in [-0.4, -0.2) is 73.4 Å². The zero-order valence-electron chi connectivity index (χ0n) is 44.0. The molecule has 9 heteroatoms. The van der Waals surface area contributed by atoms with E-state index in [0.717, 1.165) is 51.4 Å². The summed E-state index contributed by atoms with van der Waals surface area (Å²) >= 11 is 0. The highest BCUT2D eigenvalue weighted by Crippen LogP contribution is 2.43. The first-order valence-electron chi connectivity index (χ1n) is 28.2. The maximum Gasteiger partial charge on any atom is 0.472 e. The average molecular weight is 940 g/mol. The van der Waals surface area contributed by atoms with E-state index in [1.165, 1.54) is 199 Å². The molecule has 0 rings (SSSR count). The lowest BCUT2D eigenvalue weighted by molar-refractivity contribution is -0.870. The molecule has 3 atom stereocenters. The van der Waals surface area contributed by atoms with E-state index in [1.54, 1.807) is 0 Å². The van der Waals surface area contributed by atoms with E-state index < -0.39 is 20.0 Å². The van der Waals surface area contributed by atoms with Crippen molar-refractivity contribution in [2.45, 2.75) is 289 Å². The Balaban J connectivity index is 3.61. The Bertz CT molecular complexity index is 1110. The molecule has 8 nitrogen and oxygen atoms in total. The zero-order chi connectivity index (χ0) is 47.8. The van der Waals surface area contributed by atoms with Gasteiger partial charge in [-0.2, -0.15) is 0 Å². The van der Waals surface area contributed by atoms with Crippen LogP contribution in [0.15, 0.2) is 24.3 Å². The zero-order valence-corrected chi connectivity index (χ0v) is 44.9. The number of hydrogen-bond donors (Lipinski definition) is 3. The number of carbonyl (C=O) groups excluding carboxylic acids is 1. The number of nitrogens with one attached hydrogen (secondary N) is 1. The predicted octanol–water partition coefficient (Wildman–Crippen LogP) is 16.8. The van der Waals surface area contributed by atoms with Gasteiger partial charge in [0, 0.05) is 6.42 Å². The highest BCUT2D eigenvalue weighted by Gasteiger charge is 2.28. The SMILES string of the molecule is CCCCCCC/C=C\C/C=C\CCCCCCCCCCCCCCCCCCCCCCCCCCCCCC(=O)NC(COP(=O)(O)OCC[N+](C)(C)C)C(O)CCCCCC. The second-order valence-electron chi connectivity index (χ2n) is 20.7. The quantitative estimate of drug-likeness (QED) is 0.0243. The molecule has 0 spiro atoms. The van der Waals surface area contributed by atoms with Crippen LogP contribution in [0.25, 0.3) is 0 Å². The summed E-state index contributed by atoms with van der Waals surface area (Å²) in [4.78, 5) is 23.0. The topological polar surface area (TPSA) is 105 Å². The molecule has 0 aliphatic rings. The number of quaternary nitrogens is 1. The third kappa shape index (κ3) is 50.7. The highest BCUT2D eigenvalue weighted by molar-refractivity contribution is 7.47.